The van der Waals surface area contributed by atoms with E-state index in [2.05, 4.69) is 15.6 Å². The van der Waals surface area contributed by atoms with Gasteiger partial charge < -0.3 is 10.1 Å². The highest BCUT2D eigenvalue weighted by Gasteiger charge is 2.17. The van der Waals surface area contributed by atoms with Crippen LogP contribution in [0.1, 0.15) is 31.3 Å². The van der Waals surface area contributed by atoms with Crippen LogP contribution < -0.4 is 10.6 Å². The van der Waals surface area contributed by atoms with E-state index < -0.39 is 23.4 Å². The molecule has 25 heavy (non-hydrogen) atoms. The van der Waals surface area contributed by atoms with E-state index in [1.54, 1.807) is 20.8 Å². The van der Waals surface area contributed by atoms with Crippen LogP contribution in [-0.2, 0) is 4.74 Å². The molecule has 132 valence electrons. The van der Waals surface area contributed by atoms with Gasteiger partial charge in [0.1, 0.15) is 17.1 Å². The van der Waals surface area contributed by atoms with Crippen molar-refractivity contribution in [1.82, 2.24) is 4.98 Å². The minimum absolute atomic E-state index is 0.0393. The molecule has 0 saturated carbocycles. The van der Waals surface area contributed by atoms with Gasteiger partial charge in [-0.15, -0.1) is 0 Å². The Kier molecular flexibility index (Phi) is 5.58. The molecule has 0 spiro atoms. The summed E-state index contributed by atoms with van der Waals surface area (Å²) in [4.78, 5) is 27.8. The molecule has 6 nitrogen and oxygen atoms in total. The summed E-state index contributed by atoms with van der Waals surface area (Å²) in [5.74, 6) is -1.29. The highest BCUT2D eigenvalue weighted by atomic mass is 35.5. The highest BCUT2D eigenvalue weighted by molar-refractivity contribution is 6.30. The van der Waals surface area contributed by atoms with Gasteiger partial charge in [-0.3, -0.25) is 15.1 Å². The fourth-order valence-electron chi connectivity index (χ4n) is 1.84. The summed E-state index contributed by atoms with van der Waals surface area (Å²) in [7, 11) is 0. The van der Waals surface area contributed by atoms with Crippen molar-refractivity contribution in [1.29, 1.82) is 0 Å². The summed E-state index contributed by atoms with van der Waals surface area (Å²) in [6, 6.07) is 6.63. The molecule has 0 aliphatic heterocycles. The van der Waals surface area contributed by atoms with Crippen LogP contribution in [-0.4, -0.2) is 22.6 Å². The molecule has 0 aliphatic carbocycles. The number of aromatic nitrogens is 1. The Morgan fingerprint density at radius 2 is 1.88 bits per heavy atom. The van der Waals surface area contributed by atoms with E-state index in [4.69, 9.17) is 16.3 Å². The number of pyridine rings is 1. The molecule has 0 radical (unpaired) electrons. The number of nitrogens with one attached hydrogen (secondary N) is 2. The standard InChI is InChI=1S/C17H17ClFN3O3/c1-17(2,3)25-16(24)21-11-4-5-12(19)13(9-11)22-15(23)14-8-10(18)6-7-20-14/h4-9H,1-3H3,(H,21,24)(H,22,23). The molecule has 2 aromatic rings. The third-order valence-electron chi connectivity index (χ3n) is 2.81. The summed E-state index contributed by atoms with van der Waals surface area (Å²) in [6.07, 6.45) is 0.682. The zero-order valence-corrected chi connectivity index (χ0v) is 14.6. The van der Waals surface area contributed by atoms with E-state index >= 15 is 0 Å². The minimum Gasteiger partial charge on any atom is -0.444 e. The van der Waals surface area contributed by atoms with Crippen molar-refractivity contribution in [3.63, 3.8) is 0 Å². The average molecular weight is 366 g/mol. The number of carbonyl (C=O) groups is 2. The molecule has 2 amide bonds. The van der Waals surface area contributed by atoms with Crippen molar-refractivity contribution >= 4 is 35.0 Å². The first-order chi connectivity index (χ1) is 11.6. The maximum atomic E-state index is 13.9. The summed E-state index contributed by atoms with van der Waals surface area (Å²) < 4.78 is 19.0. The first kappa shape index (κ1) is 18.7. The zero-order chi connectivity index (χ0) is 18.6. The zero-order valence-electron chi connectivity index (χ0n) is 13.9. The average Bonchev–Trinajstić information content (AvgIpc) is 2.48. The fourth-order valence-corrected chi connectivity index (χ4v) is 2.00. The normalized spacial score (nSPS) is 10.9. The van der Waals surface area contributed by atoms with Crippen molar-refractivity contribution in [3.05, 3.63) is 53.1 Å². The third-order valence-corrected chi connectivity index (χ3v) is 3.05. The SMILES string of the molecule is CC(C)(C)OC(=O)Nc1ccc(F)c(NC(=O)c2cc(Cl)ccn2)c1. The second-order valence-corrected chi connectivity index (χ2v) is 6.57. The maximum Gasteiger partial charge on any atom is 0.412 e. The molecular weight excluding hydrogens is 349 g/mol. The number of ether oxygens (including phenoxy) is 1. The molecule has 0 aliphatic rings. The Morgan fingerprint density at radius 3 is 2.52 bits per heavy atom. The number of hydrogen-bond donors (Lipinski definition) is 2. The molecular formula is C17H17ClFN3O3. The molecule has 1 aromatic heterocycles. The molecule has 0 saturated heterocycles. The van der Waals surface area contributed by atoms with Gasteiger partial charge in [0.15, 0.2) is 0 Å². The lowest BCUT2D eigenvalue weighted by Crippen LogP contribution is -2.27. The van der Waals surface area contributed by atoms with Crippen LogP contribution in [0.2, 0.25) is 5.02 Å². The number of benzene rings is 1. The number of anilines is 2. The van der Waals surface area contributed by atoms with E-state index in [9.17, 15) is 14.0 Å². The Balaban J connectivity index is 2.13. The molecule has 0 fully saturated rings. The van der Waals surface area contributed by atoms with Gasteiger partial charge >= 0.3 is 6.09 Å². The van der Waals surface area contributed by atoms with Gasteiger partial charge in [0.05, 0.1) is 5.69 Å². The summed E-state index contributed by atoms with van der Waals surface area (Å²) in [5.41, 5.74) is -0.470. The molecule has 0 bridgehead atoms. The molecule has 1 heterocycles. The van der Waals surface area contributed by atoms with Crippen LogP contribution in [0.15, 0.2) is 36.5 Å². The predicted octanol–water partition coefficient (Wildman–Crippen LogP) is 4.47. The molecule has 2 N–H and O–H groups in total. The van der Waals surface area contributed by atoms with E-state index in [0.717, 1.165) is 6.07 Å². The summed E-state index contributed by atoms with van der Waals surface area (Å²) in [6.45, 7) is 5.17. The monoisotopic (exact) mass is 365 g/mol. The Morgan fingerprint density at radius 1 is 1.16 bits per heavy atom. The van der Waals surface area contributed by atoms with Gasteiger partial charge in [0.2, 0.25) is 0 Å². The Labute approximate surface area is 149 Å². The Hall–Kier alpha value is -2.67. The summed E-state index contributed by atoms with van der Waals surface area (Å²) in [5, 5.41) is 5.19. The van der Waals surface area contributed by atoms with Crippen LogP contribution in [0.4, 0.5) is 20.6 Å². The van der Waals surface area contributed by atoms with Crippen LogP contribution in [0.5, 0.6) is 0 Å². The molecule has 0 unspecified atom stereocenters. The van der Waals surface area contributed by atoms with Gasteiger partial charge in [-0.05, 0) is 51.1 Å². The van der Waals surface area contributed by atoms with Crippen molar-refractivity contribution < 1.29 is 18.7 Å². The van der Waals surface area contributed by atoms with Crippen molar-refractivity contribution in [2.24, 2.45) is 0 Å². The highest BCUT2D eigenvalue weighted by Crippen LogP contribution is 2.21. The van der Waals surface area contributed by atoms with Crippen LogP contribution in [0, 0.1) is 5.82 Å². The maximum absolute atomic E-state index is 13.9. The smallest absolute Gasteiger partial charge is 0.412 e. The van der Waals surface area contributed by atoms with Gasteiger partial charge in [-0.25, -0.2) is 9.18 Å². The number of nitrogens with zero attached hydrogens (tertiary/aromatic N) is 1. The van der Waals surface area contributed by atoms with Gasteiger partial charge in [0.25, 0.3) is 5.91 Å². The molecule has 8 heteroatoms. The Bertz CT molecular complexity index is 806. The first-order valence-corrected chi connectivity index (χ1v) is 7.74. The van der Waals surface area contributed by atoms with E-state index in [1.165, 1.54) is 30.5 Å². The van der Waals surface area contributed by atoms with E-state index in [-0.39, 0.29) is 17.1 Å². The number of halogens is 2. The molecule has 0 atom stereocenters. The lowest BCUT2D eigenvalue weighted by atomic mass is 10.2. The first-order valence-electron chi connectivity index (χ1n) is 7.36. The van der Waals surface area contributed by atoms with Crippen LogP contribution >= 0.6 is 11.6 Å². The topological polar surface area (TPSA) is 80.3 Å². The summed E-state index contributed by atoms with van der Waals surface area (Å²) >= 11 is 5.80. The largest absolute Gasteiger partial charge is 0.444 e. The molecule has 1 aromatic carbocycles. The minimum atomic E-state index is -0.687. The number of amides is 2. The second kappa shape index (κ2) is 7.48. The van der Waals surface area contributed by atoms with Crippen molar-refractivity contribution in [2.45, 2.75) is 26.4 Å². The van der Waals surface area contributed by atoms with Gasteiger partial charge in [-0.2, -0.15) is 0 Å². The second-order valence-electron chi connectivity index (χ2n) is 6.13. The van der Waals surface area contributed by atoms with Crippen molar-refractivity contribution in [2.75, 3.05) is 10.6 Å². The van der Waals surface area contributed by atoms with Crippen LogP contribution in [0.3, 0.4) is 0 Å². The fraction of sp³-hybridized carbons (Fsp3) is 0.235. The predicted molar refractivity (Wildman–Crippen MR) is 93.5 cm³/mol. The third kappa shape index (κ3) is 5.72. The quantitative estimate of drug-likeness (QED) is 0.840. The lowest BCUT2D eigenvalue weighted by molar-refractivity contribution is 0.0636. The molecule has 2 rings (SSSR count). The lowest BCUT2D eigenvalue weighted by Gasteiger charge is -2.19. The number of carbonyl (C=O) groups excluding carboxylic acids is 2. The van der Waals surface area contributed by atoms with Gasteiger partial charge in [0, 0.05) is 16.9 Å². The number of rotatable bonds is 3. The number of hydrogen-bond acceptors (Lipinski definition) is 4. The van der Waals surface area contributed by atoms with Crippen LogP contribution in [0.25, 0.3) is 0 Å². The van der Waals surface area contributed by atoms with E-state index in [1.807, 2.05) is 0 Å². The van der Waals surface area contributed by atoms with Gasteiger partial charge in [-0.1, -0.05) is 11.6 Å². The van der Waals surface area contributed by atoms with Crippen molar-refractivity contribution in [3.8, 4) is 0 Å². The van der Waals surface area contributed by atoms with E-state index in [0.29, 0.717) is 5.02 Å².